The molecule has 0 fully saturated rings. The van der Waals surface area contributed by atoms with Crippen LogP contribution < -0.4 is 27.0 Å². The Bertz CT molecular complexity index is 1520. The number of hydrogen-bond acceptors (Lipinski definition) is 7. The molecule has 0 saturated heterocycles. The Morgan fingerprint density at radius 3 is 2.69 bits per heavy atom. The monoisotopic (exact) mass is 448 g/mol. The molecule has 160 valence electrons. The number of rotatable bonds is 4. The molecule has 0 bridgehead atoms. The van der Waals surface area contributed by atoms with Crippen molar-refractivity contribution in [3.8, 4) is 5.75 Å². The number of H-pyrrole nitrogens is 1. The van der Waals surface area contributed by atoms with E-state index in [1.165, 1.54) is 10.6 Å². The van der Waals surface area contributed by atoms with Crippen molar-refractivity contribution in [1.82, 2.24) is 9.55 Å². The highest BCUT2D eigenvalue weighted by Gasteiger charge is 2.24. The fraction of sp³-hybridized carbons (Fsp3) is 0.0909. The summed E-state index contributed by atoms with van der Waals surface area (Å²) in [6, 6.07) is 13.9. The Morgan fingerprint density at radius 1 is 1.12 bits per heavy atom. The van der Waals surface area contributed by atoms with Crippen LogP contribution in [0, 0.1) is 0 Å². The number of benzene rings is 2. The van der Waals surface area contributed by atoms with E-state index in [2.05, 4.69) is 10.3 Å². The summed E-state index contributed by atoms with van der Waals surface area (Å²) in [6.07, 6.45) is 0. The van der Waals surface area contributed by atoms with Gasteiger partial charge >= 0.3 is 5.69 Å². The lowest BCUT2D eigenvalue weighted by Crippen LogP contribution is -2.30. The Labute approximate surface area is 184 Å². The number of amides is 1. The van der Waals surface area contributed by atoms with Crippen molar-refractivity contribution in [2.45, 2.75) is 6.54 Å². The molecular weight excluding hydrogens is 432 g/mol. The third kappa shape index (κ3) is 3.26. The predicted molar refractivity (Wildman–Crippen MR) is 121 cm³/mol. The maximum atomic E-state index is 13.2. The minimum Gasteiger partial charge on any atom is -0.482 e. The first-order valence-corrected chi connectivity index (χ1v) is 10.4. The first kappa shape index (κ1) is 19.8. The summed E-state index contributed by atoms with van der Waals surface area (Å²) < 4.78 is 6.71. The average molecular weight is 448 g/mol. The molecule has 2 aromatic heterocycles. The lowest BCUT2D eigenvalue weighted by atomic mass is 10.1. The number of hydrogen-bond donors (Lipinski definition) is 3. The van der Waals surface area contributed by atoms with Gasteiger partial charge in [-0.15, -0.1) is 11.3 Å². The van der Waals surface area contributed by atoms with Crippen LogP contribution in [0.3, 0.4) is 0 Å². The topological polar surface area (TPSA) is 136 Å². The van der Waals surface area contributed by atoms with Crippen LogP contribution >= 0.6 is 11.3 Å². The largest absolute Gasteiger partial charge is 0.482 e. The smallest absolute Gasteiger partial charge is 0.329 e. The molecule has 4 aromatic rings. The van der Waals surface area contributed by atoms with E-state index in [-0.39, 0.29) is 40.6 Å². The first-order valence-electron chi connectivity index (χ1n) is 9.63. The van der Waals surface area contributed by atoms with Crippen LogP contribution in [0.4, 0.5) is 11.4 Å². The van der Waals surface area contributed by atoms with Gasteiger partial charge in [-0.25, -0.2) is 4.79 Å². The molecule has 10 heteroatoms. The highest BCUT2D eigenvalue weighted by molar-refractivity contribution is 7.21. The predicted octanol–water partition coefficient (Wildman–Crippen LogP) is 1.94. The number of nitrogens with one attached hydrogen (secondary N) is 2. The van der Waals surface area contributed by atoms with Gasteiger partial charge in [-0.2, -0.15) is 0 Å². The number of anilines is 2. The minimum absolute atomic E-state index is 0.0102. The van der Waals surface area contributed by atoms with E-state index >= 15 is 0 Å². The number of aromatic amines is 1. The summed E-state index contributed by atoms with van der Waals surface area (Å²) in [6.45, 7) is 0.119. The van der Waals surface area contributed by atoms with E-state index in [0.29, 0.717) is 16.3 Å². The highest BCUT2D eigenvalue weighted by atomic mass is 32.1. The van der Waals surface area contributed by atoms with Gasteiger partial charge in [0.05, 0.1) is 23.3 Å². The molecule has 0 radical (unpaired) electrons. The molecule has 0 spiro atoms. The van der Waals surface area contributed by atoms with Gasteiger partial charge in [0.1, 0.15) is 15.5 Å². The van der Waals surface area contributed by atoms with Gasteiger partial charge in [-0.05, 0) is 23.8 Å². The molecule has 1 aliphatic heterocycles. The maximum Gasteiger partial charge on any atom is 0.329 e. The van der Waals surface area contributed by atoms with Crippen molar-refractivity contribution in [3.63, 3.8) is 0 Å². The Balaban J connectivity index is 1.63. The van der Waals surface area contributed by atoms with E-state index < -0.39 is 17.0 Å². The molecule has 0 saturated carbocycles. The number of ketones is 1. The molecule has 0 aliphatic carbocycles. The summed E-state index contributed by atoms with van der Waals surface area (Å²) in [5, 5.41) is 2.76. The zero-order valence-corrected chi connectivity index (χ0v) is 17.3. The number of fused-ring (bicyclic) bond motifs is 2. The number of aromatic nitrogens is 2. The number of thiophene rings is 1. The van der Waals surface area contributed by atoms with Gasteiger partial charge in [0.25, 0.3) is 11.5 Å². The van der Waals surface area contributed by atoms with E-state index in [9.17, 15) is 19.2 Å². The normalized spacial score (nSPS) is 12.8. The Kier molecular flexibility index (Phi) is 4.63. The summed E-state index contributed by atoms with van der Waals surface area (Å²) in [7, 11) is 0. The van der Waals surface area contributed by atoms with E-state index in [1.807, 2.05) is 30.3 Å². The molecule has 5 rings (SSSR count). The van der Waals surface area contributed by atoms with Crippen LogP contribution in [-0.2, 0) is 11.3 Å². The minimum atomic E-state index is -0.645. The standard InChI is InChI=1S/C22H16N4O5S/c23-17-16-20(29)25-22(30)26(9-11-4-2-1-3-5-11)21(16)32-19(17)18(28)12-6-7-14-13(8-12)24-15(27)10-31-14/h1-8H,9-10,23H2,(H,24,27)(H,25,29,30). The molecule has 2 aromatic carbocycles. The second-order valence-corrected chi connectivity index (χ2v) is 8.23. The average Bonchev–Trinajstić information content (AvgIpc) is 3.13. The molecule has 1 amide bonds. The lowest BCUT2D eigenvalue weighted by Gasteiger charge is -2.18. The lowest BCUT2D eigenvalue weighted by molar-refractivity contribution is -0.118. The summed E-state index contributed by atoms with van der Waals surface area (Å²) >= 11 is 0.989. The van der Waals surface area contributed by atoms with Gasteiger partial charge in [0, 0.05) is 5.56 Å². The molecule has 0 atom stereocenters. The highest BCUT2D eigenvalue weighted by Crippen LogP contribution is 2.35. The number of nitrogens with zero attached hydrogens (tertiary/aromatic N) is 1. The molecule has 4 N–H and O–H groups in total. The van der Waals surface area contributed by atoms with Crippen LogP contribution in [0.25, 0.3) is 10.2 Å². The molecule has 0 unspecified atom stereocenters. The van der Waals surface area contributed by atoms with Crippen molar-refractivity contribution in [3.05, 3.63) is 85.4 Å². The fourth-order valence-corrected chi connectivity index (χ4v) is 4.77. The number of carbonyl (C=O) groups excluding carboxylic acids is 2. The zero-order valence-electron chi connectivity index (χ0n) is 16.5. The Morgan fingerprint density at radius 2 is 1.91 bits per heavy atom. The maximum absolute atomic E-state index is 13.2. The van der Waals surface area contributed by atoms with Crippen LogP contribution in [-0.4, -0.2) is 27.8 Å². The second kappa shape index (κ2) is 7.50. The van der Waals surface area contributed by atoms with E-state index in [0.717, 1.165) is 16.9 Å². The van der Waals surface area contributed by atoms with Gasteiger partial charge in [0.15, 0.2) is 6.61 Å². The third-order valence-electron chi connectivity index (χ3n) is 5.13. The third-order valence-corrected chi connectivity index (χ3v) is 6.36. The van der Waals surface area contributed by atoms with Crippen LogP contribution in [0.5, 0.6) is 5.75 Å². The molecule has 1 aliphatic rings. The van der Waals surface area contributed by atoms with Gasteiger partial charge in [0.2, 0.25) is 5.78 Å². The van der Waals surface area contributed by atoms with Crippen LogP contribution in [0.15, 0.2) is 58.1 Å². The number of carbonyl (C=O) groups is 2. The van der Waals surface area contributed by atoms with E-state index in [4.69, 9.17) is 10.5 Å². The van der Waals surface area contributed by atoms with Crippen molar-refractivity contribution < 1.29 is 14.3 Å². The molecule has 9 nitrogen and oxygen atoms in total. The number of nitrogen functional groups attached to an aromatic ring is 1. The Hall–Kier alpha value is -4.18. The van der Waals surface area contributed by atoms with Crippen molar-refractivity contribution in [2.24, 2.45) is 0 Å². The van der Waals surface area contributed by atoms with E-state index in [1.54, 1.807) is 12.1 Å². The van der Waals surface area contributed by atoms with Gasteiger partial charge in [-0.1, -0.05) is 30.3 Å². The van der Waals surface area contributed by atoms with Gasteiger partial charge < -0.3 is 15.8 Å². The van der Waals surface area contributed by atoms with Gasteiger partial charge in [-0.3, -0.25) is 23.9 Å². The van der Waals surface area contributed by atoms with Crippen LogP contribution in [0.1, 0.15) is 20.8 Å². The summed E-state index contributed by atoms with van der Waals surface area (Å²) in [4.78, 5) is 52.6. The van der Waals surface area contributed by atoms with Crippen molar-refractivity contribution >= 4 is 44.6 Å². The van der Waals surface area contributed by atoms with Crippen molar-refractivity contribution in [1.29, 1.82) is 0 Å². The SMILES string of the molecule is Nc1c(C(=O)c2ccc3c(c2)NC(=O)CO3)sc2c1c(=O)[nH]c(=O)n2Cc1ccccc1. The zero-order chi connectivity index (χ0) is 22.4. The molecule has 3 heterocycles. The second-order valence-electron chi connectivity index (χ2n) is 7.23. The quantitative estimate of drug-likeness (QED) is 0.408. The molecular formula is C22H16N4O5S. The summed E-state index contributed by atoms with van der Waals surface area (Å²) in [5.41, 5.74) is 6.49. The van der Waals surface area contributed by atoms with Crippen LogP contribution in [0.2, 0.25) is 0 Å². The summed E-state index contributed by atoms with van der Waals surface area (Å²) in [5.74, 6) is -0.289. The number of nitrogens with two attached hydrogens (primary N) is 1. The first-order chi connectivity index (χ1) is 15.4. The van der Waals surface area contributed by atoms with Crippen molar-refractivity contribution in [2.75, 3.05) is 17.7 Å². The number of ether oxygens (including phenoxy) is 1. The fourth-order valence-electron chi connectivity index (χ4n) is 3.59. The molecule has 32 heavy (non-hydrogen) atoms.